The summed E-state index contributed by atoms with van der Waals surface area (Å²) in [5, 5.41) is 10.3. The van der Waals surface area contributed by atoms with Crippen LogP contribution in [-0.4, -0.2) is 4.92 Å². The third-order valence-electron chi connectivity index (χ3n) is 1.01. The summed E-state index contributed by atoms with van der Waals surface area (Å²) < 4.78 is 0. The fourth-order valence-corrected chi connectivity index (χ4v) is 0.655. The van der Waals surface area contributed by atoms with Gasteiger partial charge in [0.2, 0.25) is 0 Å². The first-order chi connectivity index (χ1) is 6.13. The van der Waals surface area contributed by atoms with Crippen LogP contribution in [0, 0.1) is 10.1 Å². The second kappa shape index (κ2) is 9.06. The minimum Gasteiger partial charge on any atom is -0.258 e. The summed E-state index contributed by atoms with van der Waals surface area (Å²) in [6, 6.07) is 0. The van der Waals surface area contributed by atoms with Crippen LogP contribution in [0.1, 0.15) is 20.8 Å². The minimum atomic E-state index is -0.496. The van der Waals surface area contributed by atoms with Crippen molar-refractivity contribution in [3.8, 4) is 0 Å². The molecule has 0 amide bonds. The minimum absolute atomic E-state index is 0.0363. The molecule has 0 spiro atoms. The number of nitrogens with zero attached hydrogens (tertiary/aromatic N) is 1. The molecule has 0 aromatic carbocycles. The van der Waals surface area contributed by atoms with Crippen LogP contribution in [0.15, 0.2) is 35.4 Å². The van der Waals surface area contributed by atoms with Gasteiger partial charge in [-0.3, -0.25) is 10.1 Å². The molecule has 0 saturated carbocycles. The lowest BCUT2D eigenvalue weighted by Crippen LogP contribution is -1.97. The Morgan fingerprint density at radius 1 is 1.54 bits per heavy atom. The van der Waals surface area contributed by atoms with Gasteiger partial charge in [-0.2, -0.15) is 0 Å². The Labute approximate surface area is 84.4 Å². The Hall–Kier alpha value is -1.03. The van der Waals surface area contributed by atoms with Crippen LogP contribution in [-0.2, 0) is 0 Å². The zero-order valence-electron chi connectivity index (χ0n) is 8.15. The highest BCUT2D eigenvalue weighted by Gasteiger charge is 2.10. The molecule has 0 radical (unpaired) electrons. The zero-order chi connectivity index (χ0) is 10.9. The van der Waals surface area contributed by atoms with Crippen molar-refractivity contribution < 1.29 is 4.92 Å². The number of nitro groups is 1. The molecular weight excluding hydrogens is 186 g/mol. The third kappa shape index (κ3) is 6.16. The predicted octanol–water partition coefficient (Wildman–Crippen LogP) is 3.19. The van der Waals surface area contributed by atoms with Crippen LogP contribution >= 0.6 is 12.6 Å². The lowest BCUT2D eigenvalue weighted by molar-refractivity contribution is -0.419. The second-order valence-electron chi connectivity index (χ2n) is 1.72. The van der Waals surface area contributed by atoms with E-state index in [1.807, 2.05) is 13.8 Å². The van der Waals surface area contributed by atoms with Gasteiger partial charge in [0.1, 0.15) is 0 Å². The van der Waals surface area contributed by atoms with E-state index < -0.39 is 4.92 Å². The van der Waals surface area contributed by atoms with Crippen molar-refractivity contribution in [1.29, 1.82) is 0 Å². The van der Waals surface area contributed by atoms with E-state index in [1.54, 1.807) is 13.0 Å². The largest absolute Gasteiger partial charge is 0.282 e. The van der Waals surface area contributed by atoms with E-state index in [1.165, 1.54) is 12.2 Å². The molecule has 74 valence electrons. The molecular formula is C9H15NO2S. The van der Waals surface area contributed by atoms with Crippen LogP contribution < -0.4 is 0 Å². The van der Waals surface area contributed by atoms with Crippen LogP contribution in [0.2, 0.25) is 0 Å². The fraction of sp³-hybridized carbons (Fsp3) is 0.333. The van der Waals surface area contributed by atoms with Gasteiger partial charge in [0.05, 0.1) is 9.83 Å². The van der Waals surface area contributed by atoms with E-state index in [2.05, 4.69) is 19.2 Å². The molecule has 3 nitrogen and oxygen atoms in total. The Balaban J connectivity index is 0. The number of rotatable bonds is 3. The summed E-state index contributed by atoms with van der Waals surface area (Å²) in [6.45, 7) is 9.04. The molecule has 0 fully saturated rings. The van der Waals surface area contributed by atoms with E-state index in [0.717, 1.165) is 0 Å². The summed E-state index contributed by atoms with van der Waals surface area (Å²) in [5.41, 5.74) is -0.0363. The maximum Gasteiger partial charge on any atom is 0.282 e. The van der Waals surface area contributed by atoms with E-state index >= 15 is 0 Å². The van der Waals surface area contributed by atoms with Crippen LogP contribution in [0.3, 0.4) is 0 Å². The Morgan fingerprint density at radius 3 is 2.23 bits per heavy atom. The van der Waals surface area contributed by atoms with Crippen molar-refractivity contribution >= 4 is 12.6 Å². The summed E-state index contributed by atoms with van der Waals surface area (Å²) in [6.07, 6.45) is 4.22. The summed E-state index contributed by atoms with van der Waals surface area (Å²) in [5.74, 6) is 0. The molecule has 0 rings (SSSR count). The first-order valence-electron chi connectivity index (χ1n) is 3.96. The quantitative estimate of drug-likeness (QED) is 0.330. The molecule has 0 N–H and O–H groups in total. The summed E-state index contributed by atoms with van der Waals surface area (Å²) in [7, 11) is 0. The van der Waals surface area contributed by atoms with Gasteiger partial charge in [-0.1, -0.05) is 32.6 Å². The molecule has 0 bridgehead atoms. The van der Waals surface area contributed by atoms with Gasteiger partial charge in [-0.15, -0.1) is 12.6 Å². The normalized spacial score (nSPS) is 11.4. The number of hydrogen-bond acceptors (Lipinski definition) is 3. The van der Waals surface area contributed by atoms with Gasteiger partial charge < -0.3 is 0 Å². The van der Waals surface area contributed by atoms with Crippen molar-refractivity contribution in [3.05, 3.63) is 45.5 Å². The Bertz CT molecular complexity index is 232. The zero-order valence-corrected chi connectivity index (χ0v) is 9.04. The molecule has 0 aliphatic heterocycles. The molecule has 0 heterocycles. The van der Waals surface area contributed by atoms with E-state index in [4.69, 9.17) is 0 Å². The summed E-state index contributed by atoms with van der Waals surface area (Å²) in [4.78, 5) is 10.1. The highest BCUT2D eigenvalue weighted by atomic mass is 32.1. The lowest BCUT2D eigenvalue weighted by Gasteiger charge is -1.93. The smallest absolute Gasteiger partial charge is 0.258 e. The van der Waals surface area contributed by atoms with Crippen molar-refractivity contribution in [2.24, 2.45) is 0 Å². The predicted molar refractivity (Wildman–Crippen MR) is 59.4 cm³/mol. The summed E-state index contributed by atoms with van der Waals surface area (Å²) >= 11 is 3.90. The van der Waals surface area contributed by atoms with Crippen molar-refractivity contribution in [3.63, 3.8) is 0 Å². The highest BCUT2D eigenvalue weighted by Crippen LogP contribution is 2.13. The number of thiol groups is 1. The topological polar surface area (TPSA) is 43.1 Å². The first kappa shape index (κ1) is 14.5. The van der Waals surface area contributed by atoms with Crippen molar-refractivity contribution in [2.45, 2.75) is 20.8 Å². The molecule has 0 aromatic heterocycles. The van der Waals surface area contributed by atoms with E-state index in [0.29, 0.717) is 4.91 Å². The molecule has 0 unspecified atom stereocenters. The van der Waals surface area contributed by atoms with Crippen molar-refractivity contribution in [1.82, 2.24) is 0 Å². The molecule has 0 aliphatic carbocycles. The molecule has 0 aliphatic rings. The third-order valence-corrected chi connectivity index (χ3v) is 1.50. The van der Waals surface area contributed by atoms with E-state index in [-0.39, 0.29) is 5.70 Å². The van der Waals surface area contributed by atoms with Gasteiger partial charge in [-0.05, 0) is 6.92 Å². The molecule has 4 heteroatoms. The Kier molecular flexibility index (Phi) is 10.1. The molecule has 13 heavy (non-hydrogen) atoms. The van der Waals surface area contributed by atoms with E-state index in [9.17, 15) is 10.1 Å². The SMILES string of the molecule is C=C/C=C(\C(S)=C/C)[N+](=O)[O-].CC. The van der Waals surface area contributed by atoms with Gasteiger partial charge in [0.15, 0.2) is 0 Å². The van der Waals surface area contributed by atoms with Gasteiger partial charge in [0, 0.05) is 6.08 Å². The second-order valence-corrected chi connectivity index (χ2v) is 2.20. The van der Waals surface area contributed by atoms with Gasteiger partial charge in [0.25, 0.3) is 5.70 Å². The maximum atomic E-state index is 10.3. The molecule has 0 saturated heterocycles. The fourth-order valence-electron chi connectivity index (χ4n) is 0.499. The Morgan fingerprint density at radius 2 is 2.00 bits per heavy atom. The van der Waals surface area contributed by atoms with Crippen LogP contribution in [0.5, 0.6) is 0 Å². The molecule has 0 atom stereocenters. The average Bonchev–Trinajstić information content (AvgIpc) is 2.15. The first-order valence-corrected chi connectivity index (χ1v) is 4.41. The number of allylic oxidation sites excluding steroid dienone is 3. The molecule has 0 aromatic rings. The number of hydrogen-bond donors (Lipinski definition) is 1. The van der Waals surface area contributed by atoms with Crippen molar-refractivity contribution in [2.75, 3.05) is 0 Å². The van der Waals surface area contributed by atoms with Crippen LogP contribution in [0.25, 0.3) is 0 Å². The lowest BCUT2D eigenvalue weighted by atomic mass is 10.3. The van der Waals surface area contributed by atoms with Crippen LogP contribution in [0.4, 0.5) is 0 Å². The average molecular weight is 201 g/mol. The maximum absolute atomic E-state index is 10.3. The van der Waals surface area contributed by atoms with Gasteiger partial charge in [-0.25, -0.2) is 0 Å². The standard InChI is InChI=1S/C7H9NO2S.C2H6/c1-3-5-6(8(9)10)7(11)4-2;1-2/h3-5,11H,1H2,2H3;1-2H3/b6-5+,7-4+;. The highest BCUT2D eigenvalue weighted by molar-refractivity contribution is 7.84. The van der Waals surface area contributed by atoms with Gasteiger partial charge >= 0.3 is 0 Å². The monoisotopic (exact) mass is 201 g/mol.